The van der Waals surface area contributed by atoms with Crippen molar-refractivity contribution in [1.29, 1.82) is 0 Å². The number of carbonyl (C=O) groups excluding carboxylic acids is 1. The van der Waals surface area contributed by atoms with E-state index >= 15 is 4.39 Å². The van der Waals surface area contributed by atoms with Crippen LogP contribution >= 0.6 is 0 Å². The lowest BCUT2D eigenvalue weighted by atomic mass is 9.59. The van der Waals surface area contributed by atoms with Crippen LogP contribution in [-0.4, -0.2) is 61.6 Å². The Bertz CT molecular complexity index is 1440. The molecule has 35 heavy (non-hydrogen) atoms. The highest BCUT2D eigenvalue weighted by atomic mass is 19.1. The maximum atomic E-state index is 15.4. The number of aryl methyl sites for hydroxylation is 1. The maximum Gasteiger partial charge on any atom is 0.255 e. The second kappa shape index (κ2) is 8.85. The van der Waals surface area contributed by atoms with E-state index in [1.165, 1.54) is 6.07 Å². The molecule has 176 valence electrons. The van der Waals surface area contributed by atoms with E-state index in [1.54, 1.807) is 41.1 Å². The predicted octanol–water partition coefficient (Wildman–Crippen LogP) is 1.83. The molecule has 1 aliphatic rings. The molecule has 0 unspecified atom stereocenters. The second-order valence-corrected chi connectivity index (χ2v) is 9.17. The van der Waals surface area contributed by atoms with Crippen molar-refractivity contribution in [3.05, 3.63) is 77.5 Å². The molecule has 0 fully saturated rings. The summed E-state index contributed by atoms with van der Waals surface area (Å²) in [6.45, 7) is 1.04. The number of nitrogens with zero attached hydrogens (tertiary/aromatic N) is 4. The van der Waals surface area contributed by atoms with E-state index in [0.29, 0.717) is 41.3 Å². The van der Waals surface area contributed by atoms with Gasteiger partial charge < -0.3 is 14.4 Å². The van der Waals surface area contributed by atoms with Crippen molar-refractivity contribution < 1.29 is 18.7 Å². The van der Waals surface area contributed by atoms with E-state index in [-0.39, 0.29) is 18.3 Å². The number of rotatable bonds is 7. The van der Waals surface area contributed by atoms with Crippen LogP contribution in [0.5, 0.6) is 5.75 Å². The van der Waals surface area contributed by atoms with Gasteiger partial charge in [-0.1, -0.05) is 12.1 Å². The SMILES string of the molecule is BC1(B)c2ncccc2C(=O)N1Cc1ccc(-c2ccc(OCCOC)c3nn(C)cc23)cc1F. The zero-order valence-corrected chi connectivity index (χ0v) is 20.2. The number of fused-ring (bicyclic) bond motifs is 2. The molecule has 4 aromatic rings. The van der Waals surface area contributed by atoms with Crippen molar-refractivity contribution >= 4 is 32.5 Å². The van der Waals surface area contributed by atoms with Gasteiger partial charge in [0.1, 0.15) is 39.4 Å². The summed E-state index contributed by atoms with van der Waals surface area (Å²) < 4.78 is 28.0. The van der Waals surface area contributed by atoms with Crippen LogP contribution in [0.2, 0.25) is 0 Å². The standard InChI is InChI=1S/C25H25B2FN4O3/c1-31-14-19-17(7-8-21(22(19)30-31)35-11-10-34-2)15-5-6-16(20(28)12-15)13-32-24(33)18-4-3-9-29-23(18)25(32,26)27/h3-9,12,14H,10-11,13,26-27H2,1-2H3. The molecule has 0 N–H and O–H groups in total. The Balaban J connectivity index is 1.45. The van der Waals surface area contributed by atoms with E-state index < -0.39 is 5.34 Å². The molecule has 7 nitrogen and oxygen atoms in total. The summed E-state index contributed by atoms with van der Waals surface area (Å²) in [5.41, 5.74) is 4.02. The van der Waals surface area contributed by atoms with Crippen molar-refractivity contribution in [2.45, 2.75) is 11.9 Å². The van der Waals surface area contributed by atoms with Gasteiger partial charge in [0.15, 0.2) is 0 Å². The van der Waals surface area contributed by atoms with Crippen molar-refractivity contribution in [3.8, 4) is 16.9 Å². The molecule has 0 spiro atoms. The molecule has 1 amide bonds. The van der Waals surface area contributed by atoms with Gasteiger partial charge in [-0.2, -0.15) is 5.10 Å². The number of methoxy groups -OCH3 is 1. The van der Waals surface area contributed by atoms with E-state index in [4.69, 9.17) is 9.47 Å². The average Bonchev–Trinajstić information content (AvgIpc) is 3.32. The summed E-state index contributed by atoms with van der Waals surface area (Å²) in [5.74, 6) is 0.150. The van der Waals surface area contributed by atoms with Gasteiger partial charge in [-0.3, -0.25) is 14.5 Å². The zero-order valence-electron chi connectivity index (χ0n) is 20.2. The smallest absolute Gasteiger partial charge is 0.255 e. The largest absolute Gasteiger partial charge is 0.489 e. The highest BCUT2D eigenvalue weighted by molar-refractivity contribution is 6.42. The summed E-state index contributed by atoms with van der Waals surface area (Å²) in [7, 11) is 7.34. The maximum absolute atomic E-state index is 15.4. The zero-order chi connectivity index (χ0) is 24.7. The monoisotopic (exact) mass is 470 g/mol. The number of aromatic nitrogens is 3. The Morgan fingerprint density at radius 3 is 2.69 bits per heavy atom. The lowest BCUT2D eigenvalue weighted by molar-refractivity contribution is 0.0729. The first kappa shape index (κ1) is 23.1. The van der Waals surface area contributed by atoms with Crippen LogP contribution in [0.4, 0.5) is 4.39 Å². The fourth-order valence-corrected chi connectivity index (χ4v) is 4.67. The Hall–Kier alpha value is -3.65. The molecular formula is C25H25B2FN4O3. The highest BCUT2D eigenvalue weighted by Gasteiger charge is 2.43. The Kier molecular flexibility index (Phi) is 5.84. The molecular weight excluding hydrogens is 445 g/mol. The molecule has 1 aliphatic heterocycles. The van der Waals surface area contributed by atoms with Gasteiger partial charge in [0.25, 0.3) is 5.91 Å². The summed E-state index contributed by atoms with van der Waals surface area (Å²) in [6.07, 6.45) is 3.58. The number of hydrogen-bond acceptors (Lipinski definition) is 5. The number of pyridine rings is 1. The van der Waals surface area contributed by atoms with Crippen LogP contribution in [0.15, 0.2) is 54.9 Å². The molecule has 0 radical (unpaired) electrons. The first-order valence-electron chi connectivity index (χ1n) is 11.5. The minimum Gasteiger partial charge on any atom is -0.489 e. The van der Waals surface area contributed by atoms with Gasteiger partial charge in [0.2, 0.25) is 0 Å². The fourth-order valence-electron chi connectivity index (χ4n) is 4.67. The van der Waals surface area contributed by atoms with E-state index in [1.807, 2.05) is 47.1 Å². The molecule has 2 aromatic heterocycles. The van der Waals surface area contributed by atoms with Crippen molar-refractivity contribution in [3.63, 3.8) is 0 Å². The summed E-state index contributed by atoms with van der Waals surface area (Å²) in [4.78, 5) is 19.1. The summed E-state index contributed by atoms with van der Waals surface area (Å²) >= 11 is 0. The molecule has 2 aromatic carbocycles. The van der Waals surface area contributed by atoms with Gasteiger partial charge in [0, 0.05) is 49.4 Å². The summed E-state index contributed by atoms with van der Waals surface area (Å²) in [6, 6.07) is 12.4. The van der Waals surface area contributed by atoms with Crippen LogP contribution in [0.3, 0.4) is 0 Å². The average molecular weight is 470 g/mol. The normalized spacial score (nSPS) is 14.5. The van der Waals surface area contributed by atoms with Crippen LogP contribution < -0.4 is 4.74 Å². The summed E-state index contributed by atoms with van der Waals surface area (Å²) in [5, 5.41) is 4.78. The molecule has 0 aliphatic carbocycles. The minimum absolute atomic E-state index is 0.136. The van der Waals surface area contributed by atoms with E-state index in [0.717, 1.165) is 16.5 Å². The number of halogens is 1. The van der Waals surface area contributed by atoms with Gasteiger partial charge in [0.05, 0.1) is 17.9 Å². The highest BCUT2D eigenvalue weighted by Crippen LogP contribution is 2.37. The van der Waals surface area contributed by atoms with Crippen LogP contribution in [0.25, 0.3) is 22.0 Å². The van der Waals surface area contributed by atoms with Gasteiger partial charge in [-0.15, -0.1) is 0 Å². The Labute approximate surface area is 204 Å². The fraction of sp³-hybridized carbons (Fsp3) is 0.240. The predicted molar refractivity (Wildman–Crippen MR) is 136 cm³/mol. The second-order valence-electron chi connectivity index (χ2n) is 9.17. The van der Waals surface area contributed by atoms with Crippen molar-refractivity contribution in [1.82, 2.24) is 19.7 Å². The lowest BCUT2D eigenvalue weighted by Gasteiger charge is -2.32. The topological polar surface area (TPSA) is 69.5 Å². The molecule has 0 atom stereocenters. The first-order chi connectivity index (χ1) is 16.8. The third-order valence-corrected chi connectivity index (χ3v) is 6.53. The molecule has 0 saturated heterocycles. The Morgan fingerprint density at radius 1 is 1.11 bits per heavy atom. The van der Waals surface area contributed by atoms with Gasteiger partial charge in [-0.25, -0.2) is 4.39 Å². The quantitative estimate of drug-likeness (QED) is 0.305. The van der Waals surface area contributed by atoms with Gasteiger partial charge >= 0.3 is 0 Å². The third kappa shape index (κ3) is 3.97. The number of ether oxygens (including phenoxy) is 2. The first-order valence-corrected chi connectivity index (χ1v) is 11.5. The van der Waals surface area contributed by atoms with E-state index in [2.05, 4.69) is 10.1 Å². The van der Waals surface area contributed by atoms with Gasteiger partial charge in [-0.05, 0) is 41.5 Å². The molecule has 0 saturated carbocycles. The molecule has 5 rings (SSSR count). The Morgan fingerprint density at radius 2 is 1.94 bits per heavy atom. The lowest BCUT2D eigenvalue weighted by Crippen LogP contribution is -2.44. The molecule has 3 heterocycles. The molecule has 0 bridgehead atoms. The minimum atomic E-state index is -0.626. The number of carbonyl (C=O) groups is 1. The number of hydrogen-bond donors (Lipinski definition) is 0. The van der Waals surface area contributed by atoms with Crippen molar-refractivity contribution in [2.24, 2.45) is 7.05 Å². The van der Waals surface area contributed by atoms with Crippen LogP contribution in [-0.2, 0) is 23.7 Å². The van der Waals surface area contributed by atoms with Crippen molar-refractivity contribution in [2.75, 3.05) is 20.3 Å². The molecule has 10 heteroatoms. The number of amides is 1. The van der Waals surface area contributed by atoms with Crippen LogP contribution in [0, 0.1) is 5.82 Å². The number of benzene rings is 2. The third-order valence-electron chi connectivity index (χ3n) is 6.53. The van der Waals surface area contributed by atoms with Crippen LogP contribution in [0.1, 0.15) is 21.6 Å². The van der Waals surface area contributed by atoms with E-state index in [9.17, 15) is 4.79 Å².